The SMILES string of the molecule is O=C(NCCc1ncno1)c1ccccc1C#CCO. The first-order valence-electron chi connectivity index (χ1n) is 6.04. The van der Waals surface area contributed by atoms with Crippen LogP contribution in [-0.4, -0.2) is 34.3 Å². The Bertz CT molecular complexity index is 627. The predicted octanol–water partition coefficient (Wildman–Crippen LogP) is 0.386. The van der Waals surface area contributed by atoms with Crippen LogP contribution in [0.5, 0.6) is 0 Å². The summed E-state index contributed by atoms with van der Waals surface area (Å²) in [5, 5.41) is 14.9. The maximum Gasteiger partial charge on any atom is 0.252 e. The second kappa shape index (κ2) is 7.07. The van der Waals surface area contributed by atoms with Gasteiger partial charge in [-0.25, -0.2) is 0 Å². The van der Waals surface area contributed by atoms with Gasteiger partial charge in [0.2, 0.25) is 5.89 Å². The molecule has 0 aliphatic rings. The van der Waals surface area contributed by atoms with Crippen LogP contribution in [0, 0.1) is 11.8 Å². The van der Waals surface area contributed by atoms with Crippen LogP contribution in [0.15, 0.2) is 35.1 Å². The van der Waals surface area contributed by atoms with Gasteiger partial charge >= 0.3 is 0 Å². The van der Waals surface area contributed by atoms with E-state index in [1.807, 2.05) is 0 Å². The molecular formula is C14H13N3O3. The summed E-state index contributed by atoms with van der Waals surface area (Å²) in [5.41, 5.74) is 1.05. The van der Waals surface area contributed by atoms with Gasteiger partial charge in [0.25, 0.3) is 5.91 Å². The zero-order chi connectivity index (χ0) is 14.2. The van der Waals surface area contributed by atoms with Gasteiger partial charge in [-0.2, -0.15) is 4.98 Å². The average molecular weight is 271 g/mol. The highest BCUT2D eigenvalue weighted by Crippen LogP contribution is 2.07. The standard InChI is InChI=1S/C14H13N3O3/c18-9-3-5-11-4-1-2-6-12(11)14(19)15-8-7-13-16-10-17-20-13/h1-2,4,6,10,18H,7-9H2,(H,15,19). The second-order valence-electron chi connectivity index (χ2n) is 3.85. The Balaban J connectivity index is 1.98. The van der Waals surface area contributed by atoms with Crippen LogP contribution in [0.25, 0.3) is 0 Å². The van der Waals surface area contributed by atoms with E-state index >= 15 is 0 Å². The van der Waals surface area contributed by atoms with Gasteiger partial charge in [0.15, 0.2) is 6.33 Å². The summed E-state index contributed by atoms with van der Waals surface area (Å²) in [5.74, 6) is 5.52. The van der Waals surface area contributed by atoms with Crippen LogP contribution in [0.1, 0.15) is 21.8 Å². The molecule has 0 radical (unpaired) electrons. The molecule has 1 heterocycles. The average Bonchev–Trinajstić information content (AvgIpc) is 2.98. The predicted molar refractivity (Wildman–Crippen MR) is 70.7 cm³/mol. The van der Waals surface area contributed by atoms with E-state index in [0.717, 1.165) is 0 Å². The monoisotopic (exact) mass is 271 g/mol. The molecule has 0 atom stereocenters. The lowest BCUT2D eigenvalue weighted by molar-refractivity contribution is 0.0953. The number of nitrogens with one attached hydrogen (secondary N) is 1. The van der Waals surface area contributed by atoms with E-state index < -0.39 is 0 Å². The summed E-state index contributed by atoms with van der Waals surface area (Å²) in [6.07, 6.45) is 1.78. The molecule has 2 aromatic rings. The number of carbonyl (C=O) groups excluding carboxylic acids is 1. The van der Waals surface area contributed by atoms with Crippen LogP contribution < -0.4 is 5.32 Å². The molecule has 1 aromatic carbocycles. The highest BCUT2D eigenvalue weighted by Gasteiger charge is 2.09. The molecule has 0 unspecified atom stereocenters. The summed E-state index contributed by atoms with van der Waals surface area (Å²) in [7, 11) is 0. The minimum Gasteiger partial charge on any atom is -0.384 e. The molecule has 0 saturated heterocycles. The van der Waals surface area contributed by atoms with E-state index in [1.54, 1.807) is 24.3 Å². The second-order valence-corrected chi connectivity index (χ2v) is 3.85. The van der Waals surface area contributed by atoms with E-state index in [1.165, 1.54) is 6.33 Å². The van der Waals surface area contributed by atoms with Gasteiger partial charge in [-0.15, -0.1) is 0 Å². The molecule has 20 heavy (non-hydrogen) atoms. The van der Waals surface area contributed by atoms with Crippen LogP contribution in [0.4, 0.5) is 0 Å². The molecule has 2 rings (SSSR count). The fraction of sp³-hybridized carbons (Fsp3) is 0.214. The Kier molecular flexibility index (Phi) is 4.87. The third-order valence-corrected chi connectivity index (χ3v) is 2.51. The highest BCUT2D eigenvalue weighted by atomic mass is 16.5. The van der Waals surface area contributed by atoms with Crippen molar-refractivity contribution in [1.29, 1.82) is 0 Å². The lowest BCUT2D eigenvalue weighted by Crippen LogP contribution is -2.26. The van der Waals surface area contributed by atoms with Crippen molar-refractivity contribution >= 4 is 5.91 Å². The lowest BCUT2D eigenvalue weighted by atomic mass is 10.1. The van der Waals surface area contributed by atoms with Crippen molar-refractivity contribution in [2.75, 3.05) is 13.2 Å². The lowest BCUT2D eigenvalue weighted by Gasteiger charge is -2.05. The molecular weight excluding hydrogens is 258 g/mol. The number of aliphatic hydroxyl groups is 1. The molecule has 2 N–H and O–H groups in total. The number of hydrogen-bond donors (Lipinski definition) is 2. The van der Waals surface area contributed by atoms with E-state index in [-0.39, 0.29) is 12.5 Å². The minimum atomic E-state index is -0.243. The summed E-state index contributed by atoms with van der Waals surface area (Å²) in [6.45, 7) is 0.149. The van der Waals surface area contributed by atoms with Gasteiger partial charge in [0.1, 0.15) is 6.61 Å². The Hall–Kier alpha value is -2.65. The third kappa shape index (κ3) is 3.67. The largest absolute Gasteiger partial charge is 0.384 e. The van der Waals surface area contributed by atoms with Crippen molar-refractivity contribution in [3.05, 3.63) is 47.6 Å². The van der Waals surface area contributed by atoms with Gasteiger partial charge in [-0.1, -0.05) is 29.1 Å². The normalized spacial score (nSPS) is 9.65. The Morgan fingerprint density at radius 2 is 2.25 bits per heavy atom. The van der Waals surface area contributed by atoms with Crippen molar-refractivity contribution in [2.24, 2.45) is 0 Å². The first-order valence-corrected chi connectivity index (χ1v) is 6.04. The first kappa shape index (κ1) is 13.8. The number of carbonyl (C=O) groups is 1. The molecule has 0 saturated carbocycles. The zero-order valence-corrected chi connectivity index (χ0v) is 10.7. The Morgan fingerprint density at radius 3 is 3.00 bits per heavy atom. The van der Waals surface area contributed by atoms with Crippen LogP contribution >= 0.6 is 0 Å². The number of amides is 1. The van der Waals surface area contributed by atoms with Crippen molar-refractivity contribution in [1.82, 2.24) is 15.5 Å². The summed E-state index contributed by atoms with van der Waals surface area (Å²) in [4.78, 5) is 15.9. The minimum absolute atomic E-state index is 0.229. The summed E-state index contributed by atoms with van der Waals surface area (Å²) in [6, 6.07) is 6.96. The topological polar surface area (TPSA) is 88.3 Å². The zero-order valence-electron chi connectivity index (χ0n) is 10.7. The smallest absolute Gasteiger partial charge is 0.252 e. The van der Waals surface area contributed by atoms with Crippen LogP contribution in [-0.2, 0) is 6.42 Å². The maximum absolute atomic E-state index is 12.0. The van der Waals surface area contributed by atoms with E-state index in [9.17, 15) is 4.79 Å². The summed E-state index contributed by atoms with van der Waals surface area (Å²) < 4.78 is 4.84. The van der Waals surface area contributed by atoms with Crippen LogP contribution in [0.2, 0.25) is 0 Å². The Morgan fingerprint density at radius 1 is 1.40 bits per heavy atom. The van der Waals surface area contributed by atoms with E-state index in [2.05, 4.69) is 27.3 Å². The van der Waals surface area contributed by atoms with E-state index in [0.29, 0.717) is 30.0 Å². The van der Waals surface area contributed by atoms with Gasteiger partial charge in [0.05, 0.1) is 5.56 Å². The molecule has 0 bridgehead atoms. The van der Waals surface area contributed by atoms with Gasteiger partial charge in [-0.05, 0) is 12.1 Å². The third-order valence-electron chi connectivity index (χ3n) is 2.51. The number of benzene rings is 1. The maximum atomic E-state index is 12.0. The molecule has 102 valence electrons. The van der Waals surface area contributed by atoms with Gasteiger partial charge in [0, 0.05) is 18.5 Å². The molecule has 0 spiro atoms. The van der Waals surface area contributed by atoms with Gasteiger partial charge < -0.3 is 14.9 Å². The quantitative estimate of drug-likeness (QED) is 0.785. The molecule has 6 heteroatoms. The Labute approximate surface area is 115 Å². The summed E-state index contributed by atoms with van der Waals surface area (Å²) >= 11 is 0. The van der Waals surface area contributed by atoms with Crippen molar-refractivity contribution in [3.63, 3.8) is 0 Å². The number of nitrogens with zero attached hydrogens (tertiary/aromatic N) is 2. The van der Waals surface area contributed by atoms with Crippen molar-refractivity contribution in [2.45, 2.75) is 6.42 Å². The van der Waals surface area contributed by atoms with E-state index in [4.69, 9.17) is 9.63 Å². The molecule has 0 fully saturated rings. The molecule has 6 nitrogen and oxygen atoms in total. The number of rotatable bonds is 4. The fourth-order valence-corrected chi connectivity index (χ4v) is 1.61. The van der Waals surface area contributed by atoms with Crippen LogP contribution in [0.3, 0.4) is 0 Å². The number of aromatic nitrogens is 2. The molecule has 0 aliphatic carbocycles. The van der Waals surface area contributed by atoms with Crippen molar-refractivity contribution in [3.8, 4) is 11.8 Å². The highest BCUT2D eigenvalue weighted by molar-refractivity contribution is 5.96. The van der Waals surface area contributed by atoms with Gasteiger partial charge in [-0.3, -0.25) is 4.79 Å². The first-order chi connectivity index (χ1) is 9.81. The molecule has 0 aliphatic heterocycles. The number of hydrogen-bond acceptors (Lipinski definition) is 5. The number of aliphatic hydroxyl groups excluding tert-OH is 1. The van der Waals surface area contributed by atoms with Crippen molar-refractivity contribution < 1.29 is 14.4 Å². The fourth-order valence-electron chi connectivity index (χ4n) is 1.61. The molecule has 1 aromatic heterocycles. The molecule has 1 amide bonds.